The zero-order chi connectivity index (χ0) is 23.0. The van der Waals surface area contributed by atoms with Crippen molar-refractivity contribution in [3.05, 3.63) is 90.7 Å². The van der Waals surface area contributed by atoms with Crippen LogP contribution in [0.25, 0.3) is 17.4 Å². The van der Waals surface area contributed by atoms with Crippen LogP contribution < -0.4 is 0 Å². The van der Waals surface area contributed by atoms with Gasteiger partial charge in [0.2, 0.25) is 0 Å². The molecule has 2 aromatic carbocycles. The molecule has 0 unspecified atom stereocenters. The number of benzene rings is 2. The molecule has 1 fully saturated rings. The predicted molar refractivity (Wildman–Crippen MR) is 119 cm³/mol. The van der Waals surface area contributed by atoms with Crippen molar-refractivity contribution in [1.82, 2.24) is 4.90 Å². The van der Waals surface area contributed by atoms with E-state index in [4.69, 9.17) is 27.6 Å². The minimum Gasteiger partial charge on any atom is -0.456 e. The van der Waals surface area contributed by atoms with Crippen molar-refractivity contribution in [2.75, 3.05) is 0 Å². The van der Waals surface area contributed by atoms with E-state index in [2.05, 4.69) is 0 Å². The van der Waals surface area contributed by atoms with Crippen LogP contribution in [-0.4, -0.2) is 21.0 Å². The fraction of sp³-hybridized carbons (Fsp3) is 0.0476. The van der Waals surface area contributed by atoms with E-state index in [1.165, 1.54) is 54.6 Å². The summed E-state index contributed by atoms with van der Waals surface area (Å²) in [6.45, 7) is -0.312. The normalized spacial score (nSPS) is 15.1. The van der Waals surface area contributed by atoms with Gasteiger partial charge in [0.25, 0.3) is 16.8 Å². The van der Waals surface area contributed by atoms with Crippen LogP contribution >= 0.6 is 35.0 Å². The Bertz CT molecular complexity index is 1290. The number of amides is 2. The van der Waals surface area contributed by atoms with Crippen LogP contribution in [0.4, 0.5) is 14.9 Å². The maximum Gasteiger partial charge on any atom is 0.293 e. The number of hydrogen-bond acceptors (Lipinski definition) is 6. The second kappa shape index (κ2) is 8.78. The molecule has 1 saturated heterocycles. The quantitative estimate of drug-likeness (QED) is 0.228. The largest absolute Gasteiger partial charge is 0.456 e. The summed E-state index contributed by atoms with van der Waals surface area (Å²) >= 11 is 12.5. The fourth-order valence-electron chi connectivity index (χ4n) is 3.05. The van der Waals surface area contributed by atoms with Crippen molar-refractivity contribution in [2.24, 2.45) is 0 Å². The number of thioether (sulfide) groups is 1. The molecule has 11 heteroatoms. The van der Waals surface area contributed by atoms with E-state index >= 15 is 0 Å². The molecule has 0 atom stereocenters. The number of hydrogen-bond donors (Lipinski definition) is 0. The molecule has 4 rings (SSSR count). The number of imide groups is 1. The van der Waals surface area contributed by atoms with Crippen LogP contribution in [0, 0.1) is 15.9 Å². The number of furan rings is 1. The Morgan fingerprint density at radius 2 is 1.94 bits per heavy atom. The molecule has 0 radical (unpaired) electrons. The Hall–Kier alpha value is -3.14. The number of nitrogens with zero attached hydrogens (tertiary/aromatic N) is 2. The molecule has 1 aliphatic heterocycles. The SMILES string of the molecule is O=C1S/C(=C/c2ccc(-c3ccc(Cl)cc3[N+](=O)[O-])o2)C(=O)N1Cc1c(F)cccc1Cl. The van der Waals surface area contributed by atoms with Crippen molar-refractivity contribution in [3.8, 4) is 11.3 Å². The number of rotatable bonds is 5. The lowest BCUT2D eigenvalue weighted by atomic mass is 10.1. The third-order valence-electron chi connectivity index (χ3n) is 4.57. The van der Waals surface area contributed by atoms with Gasteiger partial charge in [-0.15, -0.1) is 0 Å². The molecule has 7 nitrogen and oxygen atoms in total. The first-order chi connectivity index (χ1) is 15.2. The third kappa shape index (κ3) is 4.27. The third-order valence-corrected chi connectivity index (χ3v) is 6.07. The van der Waals surface area contributed by atoms with Crippen LogP contribution in [0.5, 0.6) is 0 Å². The van der Waals surface area contributed by atoms with Gasteiger partial charge in [-0.2, -0.15) is 0 Å². The molecule has 32 heavy (non-hydrogen) atoms. The average Bonchev–Trinajstić information content (AvgIpc) is 3.30. The van der Waals surface area contributed by atoms with Gasteiger partial charge in [0.1, 0.15) is 17.3 Å². The van der Waals surface area contributed by atoms with Crippen LogP contribution in [0.3, 0.4) is 0 Å². The molecule has 0 spiro atoms. The standard InChI is InChI=1S/C21H11Cl2FN2O5S/c22-11-4-6-13(17(8-11)26(29)30)18-7-5-12(31-18)9-19-20(27)25(21(28)32-19)10-14-15(23)2-1-3-16(14)24/h1-9H,10H2/b19-9+. The predicted octanol–water partition coefficient (Wildman–Crippen LogP) is 6.54. The van der Waals surface area contributed by atoms with Gasteiger partial charge in [0.15, 0.2) is 0 Å². The molecule has 1 aliphatic rings. The number of nitro benzene ring substituents is 1. The maximum absolute atomic E-state index is 14.1. The lowest BCUT2D eigenvalue weighted by molar-refractivity contribution is -0.384. The van der Waals surface area contributed by atoms with E-state index in [1.54, 1.807) is 0 Å². The molecule has 0 N–H and O–H groups in total. The lowest BCUT2D eigenvalue weighted by Crippen LogP contribution is -2.28. The van der Waals surface area contributed by atoms with Crippen LogP contribution in [-0.2, 0) is 11.3 Å². The summed E-state index contributed by atoms with van der Waals surface area (Å²) in [6, 6.07) is 11.2. The van der Waals surface area contributed by atoms with E-state index in [9.17, 15) is 24.1 Å². The second-order valence-electron chi connectivity index (χ2n) is 6.59. The molecule has 162 valence electrons. The van der Waals surface area contributed by atoms with E-state index in [-0.39, 0.29) is 49.8 Å². The summed E-state index contributed by atoms with van der Waals surface area (Å²) in [7, 11) is 0. The second-order valence-corrected chi connectivity index (χ2v) is 8.43. The number of carbonyl (C=O) groups is 2. The molecule has 1 aromatic heterocycles. The average molecular weight is 493 g/mol. The minimum absolute atomic E-state index is 0.0352. The molecule has 2 amide bonds. The van der Waals surface area contributed by atoms with Gasteiger partial charge in [-0.05, 0) is 48.2 Å². The molecule has 0 aliphatic carbocycles. The van der Waals surface area contributed by atoms with Gasteiger partial charge in [0, 0.05) is 27.8 Å². The maximum atomic E-state index is 14.1. The van der Waals surface area contributed by atoms with Gasteiger partial charge in [0.05, 0.1) is 21.9 Å². The zero-order valence-electron chi connectivity index (χ0n) is 15.9. The lowest BCUT2D eigenvalue weighted by Gasteiger charge is -2.14. The highest BCUT2D eigenvalue weighted by molar-refractivity contribution is 8.18. The first-order valence-corrected chi connectivity index (χ1v) is 10.5. The Kier molecular flexibility index (Phi) is 6.05. The van der Waals surface area contributed by atoms with Crippen LogP contribution in [0.2, 0.25) is 10.0 Å². The number of nitro groups is 1. The van der Waals surface area contributed by atoms with E-state index in [1.807, 2.05) is 0 Å². The van der Waals surface area contributed by atoms with Gasteiger partial charge >= 0.3 is 0 Å². The highest BCUT2D eigenvalue weighted by Crippen LogP contribution is 2.37. The van der Waals surface area contributed by atoms with Crippen molar-refractivity contribution < 1.29 is 23.3 Å². The Morgan fingerprint density at radius 1 is 1.16 bits per heavy atom. The van der Waals surface area contributed by atoms with Crippen molar-refractivity contribution in [2.45, 2.75) is 6.54 Å². The summed E-state index contributed by atoms with van der Waals surface area (Å²) in [5.41, 5.74) is 0.00916. The minimum atomic E-state index is -0.630. The van der Waals surface area contributed by atoms with Gasteiger partial charge < -0.3 is 4.42 Å². The monoisotopic (exact) mass is 492 g/mol. The molecule has 3 aromatic rings. The number of halogens is 3. The summed E-state index contributed by atoms with van der Waals surface area (Å²) < 4.78 is 19.7. The van der Waals surface area contributed by atoms with E-state index < -0.39 is 21.9 Å². The Balaban J connectivity index is 1.60. The van der Waals surface area contributed by atoms with Crippen molar-refractivity contribution in [3.63, 3.8) is 0 Å². The Morgan fingerprint density at radius 3 is 2.66 bits per heavy atom. The summed E-state index contributed by atoms with van der Waals surface area (Å²) in [5.74, 6) is -0.855. The smallest absolute Gasteiger partial charge is 0.293 e. The molecular weight excluding hydrogens is 482 g/mol. The molecule has 0 saturated carbocycles. The summed E-state index contributed by atoms with van der Waals surface area (Å²) in [6.07, 6.45) is 1.35. The van der Waals surface area contributed by atoms with Crippen molar-refractivity contribution >= 4 is 57.9 Å². The fourth-order valence-corrected chi connectivity index (χ4v) is 4.25. The molecule has 0 bridgehead atoms. The zero-order valence-corrected chi connectivity index (χ0v) is 18.2. The van der Waals surface area contributed by atoms with Gasteiger partial charge in [-0.25, -0.2) is 4.39 Å². The first-order valence-electron chi connectivity index (χ1n) is 8.97. The van der Waals surface area contributed by atoms with E-state index in [0.29, 0.717) is 11.8 Å². The summed E-state index contributed by atoms with van der Waals surface area (Å²) in [4.78, 5) is 36.7. The summed E-state index contributed by atoms with van der Waals surface area (Å²) in [5, 5.41) is 11.0. The number of carbonyl (C=O) groups excluding carboxylic acids is 2. The molecular formula is C21H11Cl2FN2O5S. The Labute approximate surface area is 194 Å². The van der Waals surface area contributed by atoms with Crippen LogP contribution in [0.1, 0.15) is 11.3 Å². The highest BCUT2D eigenvalue weighted by Gasteiger charge is 2.36. The van der Waals surface area contributed by atoms with Gasteiger partial charge in [-0.1, -0.05) is 29.3 Å². The van der Waals surface area contributed by atoms with Crippen LogP contribution in [0.15, 0.2) is 57.9 Å². The van der Waals surface area contributed by atoms with Crippen molar-refractivity contribution in [1.29, 1.82) is 0 Å². The first kappa shape index (κ1) is 22.1. The molecule has 2 heterocycles. The highest BCUT2D eigenvalue weighted by atomic mass is 35.5. The topological polar surface area (TPSA) is 93.7 Å². The van der Waals surface area contributed by atoms with E-state index in [0.717, 1.165) is 4.90 Å². The van der Waals surface area contributed by atoms with Gasteiger partial charge in [-0.3, -0.25) is 24.6 Å².